The molecule has 1 saturated heterocycles. The lowest BCUT2D eigenvalue weighted by molar-refractivity contribution is 0.0602. The van der Waals surface area contributed by atoms with Crippen molar-refractivity contribution in [2.24, 2.45) is 0 Å². The molecule has 21 heavy (non-hydrogen) atoms. The summed E-state index contributed by atoms with van der Waals surface area (Å²) < 4.78 is 9.44. The van der Waals surface area contributed by atoms with Gasteiger partial charge in [-0.05, 0) is 20.0 Å². The molecule has 8 heteroatoms. The van der Waals surface area contributed by atoms with Crippen molar-refractivity contribution in [3.05, 3.63) is 10.4 Å². The molecule has 1 aliphatic heterocycles. The molecule has 0 saturated carbocycles. The number of hydrogen-bond donors (Lipinski definition) is 2. The van der Waals surface area contributed by atoms with Crippen LogP contribution in [0.25, 0.3) is 0 Å². The van der Waals surface area contributed by atoms with Crippen molar-refractivity contribution in [3.63, 3.8) is 0 Å². The molecule has 0 amide bonds. The SMILES string of the molecule is COC(=O)c1sc(NC2CCN(C)C2)c(C(=O)OC)c1N. The number of thiophene rings is 1. The number of carbonyl (C=O) groups is 2. The smallest absolute Gasteiger partial charge is 0.350 e. The van der Waals surface area contributed by atoms with Gasteiger partial charge in [-0.25, -0.2) is 9.59 Å². The lowest BCUT2D eigenvalue weighted by Gasteiger charge is -2.13. The van der Waals surface area contributed by atoms with Crippen molar-refractivity contribution >= 4 is 34.0 Å². The molecule has 3 N–H and O–H groups in total. The van der Waals surface area contributed by atoms with Crippen LogP contribution in [-0.2, 0) is 9.47 Å². The highest BCUT2D eigenvalue weighted by molar-refractivity contribution is 7.19. The Morgan fingerprint density at radius 1 is 1.33 bits per heavy atom. The number of nitrogens with zero attached hydrogens (tertiary/aromatic N) is 1. The predicted octanol–water partition coefficient (Wildman–Crippen LogP) is 1.02. The molecular weight excluding hydrogens is 294 g/mol. The molecule has 1 atom stereocenters. The van der Waals surface area contributed by atoms with Gasteiger partial charge < -0.3 is 25.4 Å². The average molecular weight is 313 g/mol. The van der Waals surface area contributed by atoms with E-state index in [1.807, 2.05) is 7.05 Å². The van der Waals surface area contributed by atoms with Gasteiger partial charge >= 0.3 is 11.9 Å². The van der Waals surface area contributed by atoms with Gasteiger partial charge in [-0.1, -0.05) is 0 Å². The first-order chi connectivity index (χ1) is 9.97. The van der Waals surface area contributed by atoms with E-state index in [4.69, 9.17) is 10.5 Å². The third kappa shape index (κ3) is 3.11. The minimum absolute atomic E-state index is 0.104. The molecule has 1 aliphatic rings. The lowest BCUT2D eigenvalue weighted by atomic mass is 10.2. The zero-order valence-corrected chi connectivity index (χ0v) is 13.1. The van der Waals surface area contributed by atoms with Crippen LogP contribution in [0.4, 0.5) is 10.7 Å². The van der Waals surface area contributed by atoms with Crippen molar-refractivity contribution in [2.45, 2.75) is 12.5 Å². The summed E-state index contributed by atoms with van der Waals surface area (Å²) in [5.41, 5.74) is 6.23. The first-order valence-electron chi connectivity index (χ1n) is 6.51. The zero-order valence-electron chi connectivity index (χ0n) is 12.3. The summed E-state index contributed by atoms with van der Waals surface area (Å²) in [6.07, 6.45) is 0.961. The van der Waals surface area contributed by atoms with Gasteiger partial charge in [-0.15, -0.1) is 11.3 Å². The molecule has 1 unspecified atom stereocenters. The molecule has 7 nitrogen and oxygen atoms in total. The molecule has 0 radical (unpaired) electrons. The van der Waals surface area contributed by atoms with Crippen molar-refractivity contribution < 1.29 is 19.1 Å². The highest BCUT2D eigenvalue weighted by Crippen LogP contribution is 2.37. The third-order valence-electron chi connectivity index (χ3n) is 3.43. The summed E-state index contributed by atoms with van der Waals surface area (Å²) in [5, 5.41) is 3.84. The number of esters is 2. The topological polar surface area (TPSA) is 93.9 Å². The van der Waals surface area contributed by atoms with Gasteiger partial charge in [0.05, 0.1) is 19.9 Å². The number of anilines is 2. The Morgan fingerprint density at radius 3 is 2.52 bits per heavy atom. The Balaban J connectivity index is 2.33. The van der Waals surface area contributed by atoms with E-state index in [9.17, 15) is 9.59 Å². The Hall–Kier alpha value is -1.80. The number of carbonyl (C=O) groups excluding carboxylic acids is 2. The van der Waals surface area contributed by atoms with Crippen LogP contribution in [-0.4, -0.2) is 57.2 Å². The largest absolute Gasteiger partial charge is 0.465 e. The molecule has 0 spiro atoms. The fourth-order valence-electron chi connectivity index (χ4n) is 2.33. The van der Waals surface area contributed by atoms with Crippen LogP contribution in [0.2, 0.25) is 0 Å². The number of likely N-dealkylation sites (tertiary alicyclic amines) is 1. The van der Waals surface area contributed by atoms with Crippen LogP contribution < -0.4 is 11.1 Å². The zero-order chi connectivity index (χ0) is 15.6. The van der Waals surface area contributed by atoms with Crippen molar-refractivity contribution in [1.82, 2.24) is 4.90 Å². The van der Waals surface area contributed by atoms with Crippen molar-refractivity contribution in [2.75, 3.05) is 45.4 Å². The van der Waals surface area contributed by atoms with Crippen LogP contribution in [0.5, 0.6) is 0 Å². The molecule has 1 aromatic heterocycles. The molecule has 0 aliphatic carbocycles. The summed E-state index contributed by atoms with van der Waals surface area (Å²) in [6, 6.07) is 0.210. The summed E-state index contributed by atoms with van der Waals surface area (Å²) in [5.74, 6) is -1.12. The molecular formula is C13H19N3O4S. The fraction of sp³-hybridized carbons (Fsp3) is 0.538. The van der Waals surface area contributed by atoms with E-state index in [1.165, 1.54) is 14.2 Å². The van der Waals surface area contributed by atoms with Gasteiger partial charge in [0.2, 0.25) is 0 Å². The molecule has 0 aromatic carbocycles. The van der Waals surface area contributed by atoms with E-state index in [-0.39, 0.29) is 22.2 Å². The Morgan fingerprint density at radius 2 is 2.00 bits per heavy atom. The highest BCUT2D eigenvalue weighted by Gasteiger charge is 2.29. The Bertz CT molecular complexity index is 558. The normalized spacial score (nSPS) is 18.5. The van der Waals surface area contributed by atoms with Crippen molar-refractivity contribution in [3.8, 4) is 0 Å². The van der Waals surface area contributed by atoms with E-state index in [0.29, 0.717) is 5.00 Å². The number of likely N-dealkylation sites (N-methyl/N-ethyl adjacent to an activating group) is 1. The van der Waals surface area contributed by atoms with Gasteiger partial charge in [0.1, 0.15) is 15.4 Å². The summed E-state index contributed by atoms with van der Waals surface area (Å²) in [6.45, 7) is 1.85. The summed E-state index contributed by atoms with van der Waals surface area (Å²) >= 11 is 1.12. The van der Waals surface area contributed by atoms with Crippen LogP contribution >= 0.6 is 11.3 Å². The molecule has 2 rings (SSSR count). The number of hydrogen-bond acceptors (Lipinski definition) is 8. The maximum absolute atomic E-state index is 11.9. The van der Waals surface area contributed by atoms with Crippen molar-refractivity contribution in [1.29, 1.82) is 0 Å². The second-order valence-corrected chi connectivity index (χ2v) is 5.94. The second-order valence-electron chi connectivity index (χ2n) is 4.92. The quantitative estimate of drug-likeness (QED) is 0.801. The molecule has 0 bridgehead atoms. The van der Waals surface area contributed by atoms with Crippen LogP contribution in [0.3, 0.4) is 0 Å². The Labute approximate surface area is 127 Å². The van der Waals surface area contributed by atoms with Gasteiger partial charge in [0.25, 0.3) is 0 Å². The monoisotopic (exact) mass is 313 g/mol. The van der Waals surface area contributed by atoms with Gasteiger partial charge in [-0.3, -0.25) is 0 Å². The fourth-order valence-corrected chi connectivity index (χ4v) is 3.44. The standard InChI is InChI=1S/C13H19N3O4S/c1-16-5-4-7(6-16)15-11-8(12(17)19-2)9(14)10(21-11)13(18)20-3/h7,15H,4-6,14H2,1-3H3. The first-order valence-corrected chi connectivity index (χ1v) is 7.33. The Kier molecular flexibility index (Phi) is 4.69. The minimum Gasteiger partial charge on any atom is -0.465 e. The summed E-state index contributed by atoms with van der Waals surface area (Å²) in [7, 11) is 4.59. The van der Waals surface area contributed by atoms with Crippen LogP contribution in [0, 0.1) is 0 Å². The number of ether oxygens (including phenoxy) is 2. The van der Waals surface area contributed by atoms with Gasteiger partial charge in [0, 0.05) is 12.6 Å². The van der Waals surface area contributed by atoms with E-state index >= 15 is 0 Å². The second kappa shape index (κ2) is 6.31. The van der Waals surface area contributed by atoms with Gasteiger partial charge in [0.15, 0.2) is 0 Å². The molecule has 1 fully saturated rings. The van der Waals surface area contributed by atoms with E-state index in [2.05, 4.69) is 15.0 Å². The maximum atomic E-state index is 11.9. The minimum atomic E-state index is -0.562. The van der Waals surface area contributed by atoms with Crippen LogP contribution in [0.1, 0.15) is 26.5 Å². The number of nitrogens with one attached hydrogen (secondary N) is 1. The number of rotatable bonds is 4. The van der Waals surface area contributed by atoms with Gasteiger partial charge in [-0.2, -0.15) is 0 Å². The predicted molar refractivity (Wildman–Crippen MR) is 80.9 cm³/mol. The number of nitrogen functional groups attached to an aromatic ring is 1. The molecule has 1 aromatic rings. The van der Waals surface area contributed by atoms with Crippen LogP contribution in [0.15, 0.2) is 0 Å². The first kappa shape index (κ1) is 15.6. The number of methoxy groups -OCH3 is 2. The average Bonchev–Trinajstić information content (AvgIpc) is 3.01. The maximum Gasteiger partial charge on any atom is 0.350 e. The third-order valence-corrected chi connectivity index (χ3v) is 4.55. The number of nitrogens with two attached hydrogens (primary N) is 1. The van der Waals surface area contributed by atoms with E-state index in [0.717, 1.165) is 30.8 Å². The van der Waals surface area contributed by atoms with E-state index < -0.39 is 11.9 Å². The summed E-state index contributed by atoms with van der Waals surface area (Å²) in [4.78, 5) is 26.0. The molecule has 2 heterocycles. The van der Waals surface area contributed by atoms with E-state index in [1.54, 1.807) is 0 Å². The highest BCUT2D eigenvalue weighted by atomic mass is 32.1. The lowest BCUT2D eigenvalue weighted by Crippen LogP contribution is -2.24. The molecule has 116 valence electrons.